The summed E-state index contributed by atoms with van der Waals surface area (Å²) in [6.07, 6.45) is 8.77. The number of carbonyl (C=O) groups is 1. The first kappa shape index (κ1) is 21.1. The molecule has 0 bridgehead atoms. The monoisotopic (exact) mass is 417 g/mol. The van der Waals surface area contributed by atoms with E-state index >= 15 is 0 Å². The van der Waals surface area contributed by atoms with Gasteiger partial charge in [0.05, 0.1) is 16.6 Å². The highest BCUT2D eigenvalue weighted by atomic mass is 16.6. The number of rotatable bonds is 6. The maximum absolute atomic E-state index is 12.6. The van der Waals surface area contributed by atoms with Crippen molar-refractivity contribution in [2.24, 2.45) is 0 Å². The molecular weight excluding hydrogens is 386 g/mol. The quantitative estimate of drug-likeness (QED) is 0.521. The second-order valence-corrected chi connectivity index (χ2v) is 8.84. The zero-order valence-corrected chi connectivity index (χ0v) is 17.6. The maximum Gasteiger partial charge on any atom is 0.273 e. The molecule has 2 saturated heterocycles. The third-order valence-corrected chi connectivity index (χ3v) is 6.88. The van der Waals surface area contributed by atoms with Gasteiger partial charge in [0.2, 0.25) is 0 Å². The minimum atomic E-state index is -0.480. The van der Waals surface area contributed by atoms with Crippen molar-refractivity contribution < 1.29 is 19.2 Å². The van der Waals surface area contributed by atoms with Crippen LogP contribution >= 0.6 is 0 Å². The zero-order chi connectivity index (χ0) is 21.1. The molecule has 4 rings (SSSR count). The highest BCUT2D eigenvalue weighted by Crippen LogP contribution is 2.44. The second kappa shape index (κ2) is 8.89. The first-order valence-electron chi connectivity index (χ1n) is 11.0. The van der Waals surface area contributed by atoms with Crippen LogP contribution in [0.1, 0.15) is 51.4 Å². The van der Waals surface area contributed by atoms with Gasteiger partial charge in [-0.1, -0.05) is 6.07 Å². The molecule has 3 aliphatic rings. The number of hydrogen-bond donors (Lipinski definition) is 0. The Balaban J connectivity index is 1.30. The van der Waals surface area contributed by atoms with E-state index in [1.165, 1.54) is 50.9 Å². The summed E-state index contributed by atoms with van der Waals surface area (Å²) < 4.78 is 12.0. The Morgan fingerprint density at radius 1 is 1.30 bits per heavy atom. The summed E-state index contributed by atoms with van der Waals surface area (Å²) in [7, 11) is 1.75. The van der Waals surface area contributed by atoms with Crippen molar-refractivity contribution >= 4 is 11.6 Å². The lowest BCUT2D eigenvalue weighted by molar-refractivity contribution is -0.384. The first-order valence-corrected chi connectivity index (χ1v) is 11.0. The highest BCUT2D eigenvalue weighted by Gasteiger charge is 2.46. The fourth-order valence-electron chi connectivity index (χ4n) is 5.21. The van der Waals surface area contributed by atoms with E-state index in [-0.39, 0.29) is 30.0 Å². The average molecular weight is 418 g/mol. The van der Waals surface area contributed by atoms with Gasteiger partial charge in [-0.3, -0.25) is 14.9 Å². The Bertz CT molecular complexity index is 782. The van der Waals surface area contributed by atoms with Crippen molar-refractivity contribution in [2.45, 2.75) is 69.2 Å². The predicted molar refractivity (Wildman–Crippen MR) is 111 cm³/mol. The predicted octanol–water partition coefficient (Wildman–Crippen LogP) is 3.35. The molecule has 2 heterocycles. The number of nitrogens with zero attached hydrogens (tertiary/aromatic N) is 3. The summed E-state index contributed by atoms with van der Waals surface area (Å²) in [4.78, 5) is 27.3. The van der Waals surface area contributed by atoms with Gasteiger partial charge in [0, 0.05) is 19.2 Å². The standard InChI is InChI=1S/C22H31N3O5/c1-23(20(26)16-29-19-8-4-6-17(14-19)25(27)28)21-9-11-22(30-21)10-5-7-18(15-22)24-12-2-3-13-24/h4,6,8,14,18,21H,2-3,5,7,9-13,15-16H2,1H3/t18-,21?,22-/m0/s1. The number of nitro groups is 1. The molecule has 1 saturated carbocycles. The Labute approximate surface area is 177 Å². The van der Waals surface area contributed by atoms with Crippen LogP contribution in [0.15, 0.2) is 24.3 Å². The lowest BCUT2D eigenvalue weighted by Gasteiger charge is -2.42. The number of carbonyl (C=O) groups excluding carboxylic acids is 1. The van der Waals surface area contributed by atoms with Gasteiger partial charge in [-0.05, 0) is 70.5 Å². The molecule has 1 aliphatic carbocycles. The third kappa shape index (κ3) is 4.59. The van der Waals surface area contributed by atoms with Crippen molar-refractivity contribution in [3.63, 3.8) is 0 Å². The molecule has 2 aliphatic heterocycles. The van der Waals surface area contributed by atoms with E-state index < -0.39 is 4.92 Å². The number of benzene rings is 1. The molecule has 8 heteroatoms. The number of nitro benzene ring substituents is 1. The summed E-state index contributed by atoms with van der Waals surface area (Å²) in [5.74, 6) is 0.131. The van der Waals surface area contributed by atoms with Gasteiger partial charge in [0.25, 0.3) is 11.6 Å². The van der Waals surface area contributed by atoms with Crippen LogP contribution in [0.2, 0.25) is 0 Å². The van der Waals surface area contributed by atoms with Gasteiger partial charge < -0.3 is 19.3 Å². The van der Waals surface area contributed by atoms with Gasteiger partial charge >= 0.3 is 0 Å². The molecule has 0 aromatic heterocycles. The lowest BCUT2D eigenvalue weighted by atomic mass is 9.79. The maximum atomic E-state index is 12.6. The van der Waals surface area contributed by atoms with Gasteiger partial charge in [-0.15, -0.1) is 0 Å². The molecule has 1 spiro atoms. The van der Waals surface area contributed by atoms with Crippen molar-refractivity contribution in [3.8, 4) is 5.75 Å². The van der Waals surface area contributed by atoms with E-state index in [1.807, 2.05) is 0 Å². The third-order valence-electron chi connectivity index (χ3n) is 6.88. The Kier molecular flexibility index (Phi) is 6.24. The van der Waals surface area contributed by atoms with Crippen LogP contribution in [0.25, 0.3) is 0 Å². The van der Waals surface area contributed by atoms with E-state index in [1.54, 1.807) is 24.1 Å². The summed E-state index contributed by atoms with van der Waals surface area (Å²) in [6, 6.07) is 6.49. The van der Waals surface area contributed by atoms with Crippen molar-refractivity contribution in [1.29, 1.82) is 0 Å². The van der Waals surface area contributed by atoms with Crippen LogP contribution in [0.5, 0.6) is 5.75 Å². The minimum Gasteiger partial charge on any atom is -0.484 e. The number of ether oxygens (including phenoxy) is 2. The number of non-ortho nitro benzene ring substituents is 1. The summed E-state index contributed by atoms with van der Waals surface area (Å²) >= 11 is 0. The van der Waals surface area contributed by atoms with Gasteiger partial charge in [-0.25, -0.2) is 0 Å². The molecule has 3 fully saturated rings. The molecule has 1 unspecified atom stereocenters. The van der Waals surface area contributed by atoms with E-state index in [9.17, 15) is 14.9 Å². The molecule has 0 radical (unpaired) electrons. The largest absolute Gasteiger partial charge is 0.484 e. The van der Waals surface area contributed by atoms with Crippen LogP contribution in [-0.4, -0.2) is 65.2 Å². The van der Waals surface area contributed by atoms with Crippen LogP contribution in [0.4, 0.5) is 5.69 Å². The molecule has 30 heavy (non-hydrogen) atoms. The zero-order valence-electron chi connectivity index (χ0n) is 17.6. The van der Waals surface area contributed by atoms with Crippen LogP contribution < -0.4 is 4.74 Å². The van der Waals surface area contributed by atoms with E-state index in [0.29, 0.717) is 11.8 Å². The first-order chi connectivity index (χ1) is 14.5. The van der Waals surface area contributed by atoms with Crippen molar-refractivity contribution in [2.75, 3.05) is 26.7 Å². The number of amides is 1. The Hall–Kier alpha value is -2.19. The fraction of sp³-hybridized carbons (Fsp3) is 0.682. The minimum absolute atomic E-state index is 0.0563. The molecular formula is C22H31N3O5. The number of hydrogen-bond acceptors (Lipinski definition) is 6. The molecule has 8 nitrogen and oxygen atoms in total. The van der Waals surface area contributed by atoms with Gasteiger partial charge in [0.15, 0.2) is 6.61 Å². The van der Waals surface area contributed by atoms with Crippen LogP contribution in [0, 0.1) is 10.1 Å². The van der Waals surface area contributed by atoms with E-state index in [4.69, 9.17) is 9.47 Å². The topological polar surface area (TPSA) is 85.2 Å². The summed E-state index contributed by atoms with van der Waals surface area (Å²) in [5, 5.41) is 10.9. The summed E-state index contributed by atoms with van der Waals surface area (Å²) in [6.45, 7) is 2.25. The highest BCUT2D eigenvalue weighted by molar-refractivity contribution is 5.77. The Morgan fingerprint density at radius 2 is 2.10 bits per heavy atom. The molecule has 164 valence electrons. The smallest absolute Gasteiger partial charge is 0.273 e. The molecule has 1 amide bonds. The molecule has 1 aromatic rings. The molecule has 1 aromatic carbocycles. The molecule has 0 N–H and O–H groups in total. The second-order valence-electron chi connectivity index (χ2n) is 8.84. The van der Waals surface area contributed by atoms with Gasteiger partial charge in [0.1, 0.15) is 12.0 Å². The molecule has 3 atom stereocenters. The van der Waals surface area contributed by atoms with Crippen LogP contribution in [0.3, 0.4) is 0 Å². The van der Waals surface area contributed by atoms with Crippen LogP contribution in [-0.2, 0) is 9.53 Å². The summed E-state index contributed by atoms with van der Waals surface area (Å²) in [5.41, 5.74) is -0.162. The number of likely N-dealkylation sites (N-methyl/N-ethyl adjacent to an activating group) is 1. The van der Waals surface area contributed by atoms with Crippen molar-refractivity contribution in [3.05, 3.63) is 34.4 Å². The van der Waals surface area contributed by atoms with E-state index in [2.05, 4.69) is 4.90 Å². The van der Waals surface area contributed by atoms with Gasteiger partial charge in [-0.2, -0.15) is 0 Å². The number of likely N-dealkylation sites (tertiary alicyclic amines) is 1. The SMILES string of the molecule is CN(C(=O)COc1cccc([N+](=O)[O-])c1)C1CC[C@]2(CCC[C@H](N3CCCC3)C2)O1. The average Bonchev–Trinajstić information content (AvgIpc) is 3.42. The van der Waals surface area contributed by atoms with E-state index in [0.717, 1.165) is 25.7 Å². The fourth-order valence-corrected chi connectivity index (χ4v) is 5.21. The van der Waals surface area contributed by atoms with Crippen molar-refractivity contribution in [1.82, 2.24) is 9.80 Å². The normalized spacial score (nSPS) is 29.2. The Morgan fingerprint density at radius 3 is 2.87 bits per heavy atom. The lowest BCUT2D eigenvalue weighted by Crippen LogP contribution is -2.47.